The Kier molecular flexibility index (Phi) is 3.60. The van der Waals surface area contributed by atoms with E-state index in [1.54, 1.807) is 11.3 Å². The maximum atomic E-state index is 9.12. The van der Waals surface area contributed by atoms with Crippen molar-refractivity contribution in [1.82, 2.24) is 15.4 Å². The Bertz CT molecular complexity index is 572. The molecule has 0 aromatic carbocycles. The zero-order valence-electron chi connectivity index (χ0n) is 10.4. The van der Waals surface area contributed by atoms with Gasteiger partial charge in [0, 0.05) is 32.2 Å². The Hall–Kier alpha value is -1.68. The molecule has 0 saturated carbocycles. The van der Waals surface area contributed by atoms with Crippen molar-refractivity contribution in [1.29, 1.82) is 5.26 Å². The van der Waals surface area contributed by atoms with Crippen molar-refractivity contribution in [3.63, 3.8) is 0 Å². The van der Waals surface area contributed by atoms with Crippen LogP contribution in [0.4, 0.5) is 0 Å². The molecule has 5 nitrogen and oxygen atoms in total. The number of aromatic nitrogens is 1. The maximum absolute atomic E-state index is 9.12. The van der Waals surface area contributed by atoms with Gasteiger partial charge in [0.25, 0.3) is 0 Å². The number of thiophene rings is 1. The summed E-state index contributed by atoms with van der Waals surface area (Å²) in [5.41, 5.74) is 0.880. The second kappa shape index (κ2) is 5.53. The van der Waals surface area contributed by atoms with Crippen LogP contribution in [0, 0.1) is 11.3 Å². The number of nitriles is 1. The van der Waals surface area contributed by atoms with Gasteiger partial charge in [0.15, 0.2) is 5.76 Å². The summed E-state index contributed by atoms with van der Waals surface area (Å²) in [6, 6.07) is 8.19. The molecule has 1 atom stereocenters. The van der Waals surface area contributed by atoms with E-state index < -0.39 is 0 Å². The van der Waals surface area contributed by atoms with Gasteiger partial charge in [0.1, 0.15) is 6.04 Å². The predicted molar refractivity (Wildman–Crippen MR) is 72.5 cm³/mol. The summed E-state index contributed by atoms with van der Waals surface area (Å²) in [5, 5.41) is 18.5. The van der Waals surface area contributed by atoms with Gasteiger partial charge in [-0.2, -0.15) is 5.26 Å². The van der Waals surface area contributed by atoms with E-state index in [1.807, 2.05) is 23.6 Å². The Morgan fingerprint density at radius 3 is 3.37 bits per heavy atom. The van der Waals surface area contributed by atoms with Crippen LogP contribution < -0.4 is 5.32 Å². The molecule has 0 spiro atoms. The van der Waals surface area contributed by atoms with Crippen LogP contribution in [0.1, 0.15) is 5.69 Å². The van der Waals surface area contributed by atoms with Gasteiger partial charge >= 0.3 is 0 Å². The quantitative estimate of drug-likeness (QED) is 0.923. The first kappa shape index (κ1) is 12.4. The van der Waals surface area contributed by atoms with Crippen LogP contribution in [-0.2, 0) is 6.54 Å². The summed E-state index contributed by atoms with van der Waals surface area (Å²) in [7, 11) is 0. The van der Waals surface area contributed by atoms with E-state index in [9.17, 15) is 0 Å². The van der Waals surface area contributed by atoms with E-state index in [1.165, 1.54) is 0 Å². The highest BCUT2D eigenvalue weighted by molar-refractivity contribution is 7.13. The Morgan fingerprint density at radius 1 is 1.63 bits per heavy atom. The Morgan fingerprint density at radius 2 is 2.58 bits per heavy atom. The number of rotatable bonds is 3. The third-order valence-corrected chi connectivity index (χ3v) is 4.08. The molecule has 1 saturated heterocycles. The van der Waals surface area contributed by atoms with E-state index in [4.69, 9.17) is 9.78 Å². The SMILES string of the molecule is N#CC1CNCCN1Cc1cc(-c2cccs2)on1. The maximum Gasteiger partial charge on any atom is 0.177 e. The minimum Gasteiger partial charge on any atom is -0.355 e. The monoisotopic (exact) mass is 274 g/mol. The first-order valence-corrected chi connectivity index (χ1v) is 7.08. The molecule has 3 rings (SSSR count). The van der Waals surface area contributed by atoms with Gasteiger partial charge in [-0.3, -0.25) is 4.90 Å². The lowest BCUT2D eigenvalue weighted by Gasteiger charge is -2.30. The average molecular weight is 274 g/mol. The number of hydrogen-bond acceptors (Lipinski definition) is 6. The zero-order valence-corrected chi connectivity index (χ0v) is 11.2. The fraction of sp³-hybridized carbons (Fsp3) is 0.385. The lowest BCUT2D eigenvalue weighted by atomic mass is 10.2. The molecule has 98 valence electrons. The molecular formula is C13H14N4OS. The van der Waals surface area contributed by atoms with Crippen molar-refractivity contribution >= 4 is 11.3 Å². The number of nitrogens with zero attached hydrogens (tertiary/aromatic N) is 3. The first-order valence-electron chi connectivity index (χ1n) is 6.20. The summed E-state index contributed by atoms with van der Waals surface area (Å²) in [5.74, 6) is 0.800. The van der Waals surface area contributed by atoms with Crippen molar-refractivity contribution in [3.05, 3.63) is 29.3 Å². The molecule has 6 heteroatoms. The summed E-state index contributed by atoms with van der Waals surface area (Å²) >= 11 is 1.63. The normalized spacial score (nSPS) is 20.3. The van der Waals surface area contributed by atoms with Gasteiger partial charge < -0.3 is 9.84 Å². The molecule has 0 bridgehead atoms. The topological polar surface area (TPSA) is 65.1 Å². The van der Waals surface area contributed by atoms with Crippen LogP contribution in [0.5, 0.6) is 0 Å². The summed E-state index contributed by atoms with van der Waals surface area (Å²) in [6.07, 6.45) is 0. The Labute approximate surface area is 115 Å². The van der Waals surface area contributed by atoms with Crippen LogP contribution in [0.3, 0.4) is 0 Å². The van der Waals surface area contributed by atoms with Crippen molar-refractivity contribution < 1.29 is 4.52 Å². The number of hydrogen-bond donors (Lipinski definition) is 1. The summed E-state index contributed by atoms with van der Waals surface area (Å²) in [6.45, 7) is 3.15. The van der Waals surface area contributed by atoms with Gasteiger partial charge in [-0.1, -0.05) is 11.2 Å². The zero-order chi connectivity index (χ0) is 13.1. The fourth-order valence-electron chi connectivity index (χ4n) is 2.19. The highest BCUT2D eigenvalue weighted by Crippen LogP contribution is 2.25. The molecule has 1 aliphatic heterocycles. The van der Waals surface area contributed by atoms with Gasteiger partial charge in [-0.05, 0) is 11.4 Å². The minimum atomic E-state index is -0.0874. The van der Waals surface area contributed by atoms with Crippen molar-refractivity contribution in [2.24, 2.45) is 0 Å². The number of nitrogens with one attached hydrogen (secondary N) is 1. The Balaban J connectivity index is 1.72. The second-order valence-corrected chi connectivity index (χ2v) is 5.43. The highest BCUT2D eigenvalue weighted by Gasteiger charge is 2.23. The molecule has 19 heavy (non-hydrogen) atoms. The molecule has 0 radical (unpaired) electrons. The van der Waals surface area contributed by atoms with Gasteiger partial charge in [-0.15, -0.1) is 11.3 Å². The molecule has 3 heterocycles. The largest absolute Gasteiger partial charge is 0.355 e. The second-order valence-electron chi connectivity index (χ2n) is 4.48. The average Bonchev–Trinajstić information content (AvgIpc) is 3.09. The fourth-order valence-corrected chi connectivity index (χ4v) is 2.87. The third-order valence-electron chi connectivity index (χ3n) is 3.19. The van der Waals surface area contributed by atoms with Crippen LogP contribution in [0.25, 0.3) is 10.6 Å². The molecule has 1 unspecified atom stereocenters. The summed E-state index contributed by atoms with van der Waals surface area (Å²) in [4.78, 5) is 3.21. The third kappa shape index (κ3) is 2.68. The molecule has 1 fully saturated rings. The van der Waals surface area contributed by atoms with Gasteiger partial charge in [0.05, 0.1) is 16.6 Å². The number of piperazine rings is 1. The van der Waals surface area contributed by atoms with Gasteiger partial charge in [-0.25, -0.2) is 0 Å². The van der Waals surface area contributed by atoms with E-state index in [2.05, 4.69) is 21.4 Å². The molecule has 0 amide bonds. The van der Waals surface area contributed by atoms with Crippen molar-refractivity contribution in [2.45, 2.75) is 12.6 Å². The molecule has 1 aliphatic rings. The summed E-state index contributed by atoms with van der Waals surface area (Å²) < 4.78 is 5.35. The lowest BCUT2D eigenvalue weighted by Crippen LogP contribution is -2.50. The molecular weight excluding hydrogens is 260 g/mol. The van der Waals surface area contributed by atoms with Crippen LogP contribution >= 0.6 is 11.3 Å². The van der Waals surface area contributed by atoms with Crippen LogP contribution in [-0.4, -0.2) is 35.7 Å². The first-order chi connectivity index (χ1) is 9.36. The smallest absolute Gasteiger partial charge is 0.177 e. The van der Waals surface area contributed by atoms with Crippen LogP contribution in [0.2, 0.25) is 0 Å². The van der Waals surface area contributed by atoms with E-state index in [-0.39, 0.29) is 6.04 Å². The highest BCUT2D eigenvalue weighted by atomic mass is 32.1. The van der Waals surface area contributed by atoms with E-state index in [0.717, 1.165) is 29.4 Å². The van der Waals surface area contributed by atoms with Gasteiger partial charge in [0.2, 0.25) is 0 Å². The lowest BCUT2D eigenvalue weighted by molar-refractivity contribution is 0.184. The minimum absolute atomic E-state index is 0.0874. The van der Waals surface area contributed by atoms with E-state index in [0.29, 0.717) is 13.1 Å². The molecule has 2 aromatic heterocycles. The van der Waals surface area contributed by atoms with Crippen LogP contribution in [0.15, 0.2) is 28.1 Å². The predicted octanol–water partition coefficient (Wildman–Crippen LogP) is 1.70. The standard InChI is InChI=1S/C13H14N4OS/c14-7-11-8-15-3-4-17(11)9-10-6-12(18-16-10)13-2-1-5-19-13/h1-2,5-6,11,15H,3-4,8-9H2. The van der Waals surface area contributed by atoms with E-state index >= 15 is 0 Å². The van der Waals surface area contributed by atoms with Crippen molar-refractivity contribution in [3.8, 4) is 16.7 Å². The molecule has 2 aromatic rings. The van der Waals surface area contributed by atoms with Crippen molar-refractivity contribution in [2.75, 3.05) is 19.6 Å². The molecule has 0 aliphatic carbocycles. The molecule has 1 N–H and O–H groups in total.